The van der Waals surface area contributed by atoms with Crippen LogP contribution in [0.15, 0.2) is 60.7 Å². The second kappa shape index (κ2) is 7.29. The second-order valence-electron chi connectivity index (χ2n) is 7.64. The van der Waals surface area contributed by atoms with Crippen molar-refractivity contribution >= 4 is 12.4 Å². The zero-order valence-corrected chi connectivity index (χ0v) is 15.3. The SMILES string of the molecule is CC(CC1CC2CCN1CC2)(c1ccccc1)c1ccccc1.Cl. The number of rotatable bonds is 4. The Bertz CT molecular complexity index is 592. The zero-order chi connectivity index (χ0) is 15.7. The molecule has 128 valence electrons. The third kappa shape index (κ3) is 3.25. The van der Waals surface area contributed by atoms with E-state index in [1.165, 1.54) is 49.9 Å². The van der Waals surface area contributed by atoms with E-state index in [-0.39, 0.29) is 17.8 Å². The minimum absolute atomic E-state index is 0. The zero-order valence-electron chi connectivity index (χ0n) is 14.5. The van der Waals surface area contributed by atoms with Crippen molar-refractivity contribution in [2.24, 2.45) is 5.92 Å². The Morgan fingerprint density at radius 1 is 0.875 bits per heavy atom. The van der Waals surface area contributed by atoms with Gasteiger partial charge in [-0.15, -0.1) is 12.4 Å². The molecule has 2 aromatic carbocycles. The molecule has 0 aliphatic carbocycles. The van der Waals surface area contributed by atoms with Crippen LogP contribution in [0.1, 0.15) is 43.7 Å². The van der Waals surface area contributed by atoms with Gasteiger partial charge >= 0.3 is 0 Å². The number of piperidine rings is 3. The van der Waals surface area contributed by atoms with E-state index in [9.17, 15) is 0 Å². The average molecular weight is 342 g/mol. The topological polar surface area (TPSA) is 3.24 Å². The molecule has 0 spiro atoms. The number of benzene rings is 2. The summed E-state index contributed by atoms with van der Waals surface area (Å²) in [6, 6.07) is 23.0. The maximum Gasteiger partial charge on any atom is 0.0189 e. The highest BCUT2D eigenvalue weighted by molar-refractivity contribution is 5.85. The molecule has 1 nitrogen and oxygen atoms in total. The molecule has 5 rings (SSSR count). The predicted molar refractivity (Wildman–Crippen MR) is 104 cm³/mol. The van der Waals surface area contributed by atoms with E-state index in [1.807, 2.05) is 0 Å². The maximum absolute atomic E-state index is 2.75. The number of nitrogens with zero attached hydrogens (tertiary/aromatic N) is 1. The lowest BCUT2D eigenvalue weighted by atomic mass is 9.69. The Morgan fingerprint density at radius 2 is 1.38 bits per heavy atom. The van der Waals surface area contributed by atoms with E-state index in [0.717, 1.165) is 12.0 Å². The molecule has 2 aromatic rings. The van der Waals surface area contributed by atoms with E-state index in [2.05, 4.69) is 72.5 Å². The summed E-state index contributed by atoms with van der Waals surface area (Å²) in [5, 5.41) is 0. The Kier molecular flexibility index (Phi) is 5.32. The van der Waals surface area contributed by atoms with Crippen LogP contribution in [0, 0.1) is 5.92 Å². The van der Waals surface area contributed by atoms with Gasteiger partial charge in [0, 0.05) is 11.5 Å². The first-order chi connectivity index (χ1) is 11.3. The lowest BCUT2D eigenvalue weighted by molar-refractivity contribution is 0.0367. The molecule has 3 fully saturated rings. The molecule has 3 heterocycles. The van der Waals surface area contributed by atoms with Crippen LogP contribution in [0.5, 0.6) is 0 Å². The molecule has 2 bridgehead atoms. The van der Waals surface area contributed by atoms with Gasteiger partial charge in [0.15, 0.2) is 0 Å². The Labute approximate surface area is 152 Å². The van der Waals surface area contributed by atoms with Crippen LogP contribution in [-0.2, 0) is 5.41 Å². The summed E-state index contributed by atoms with van der Waals surface area (Å²) >= 11 is 0. The fraction of sp³-hybridized carbons (Fsp3) is 0.455. The van der Waals surface area contributed by atoms with Gasteiger partial charge in [-0.3, -0.25) is 0 Å². The van der Waals surface area contributed by atoms with Gasteiger partial charge < -0.3 is 4.90 Å². The molecular formula is C22H28ClN. The molecule has 0 aromatic heterocycles. The molecule has 0 amide bonds. The van der Waals surface area contributed by atoms with Gasteiger partial charge in [-0.2, -0.15) is 0 Å². The third-order valence-electron chi connectivity index (χ3n) is 6.24. The number of halogens is 1. The summed E-state index contributed by atoms with van der Waals surface area (Å²) in [7, 11) is 0. The van der Waals surface area contributed by atoms with Crippen molar-refractivity contribution in [3.8, 4) is 0 Å². The standard InChI is InChI=1S/C22H27N.ClH/c1-22(19-8-4-2-5-9-19,20-10-6-3-7-11-20)17-21-16-18-12-14-23(21)15-13-18;/h2-11,18,21H,12-17H2,1H3;1H. The van der Waals surface area contributed by atoms with Crippen LogP contribution in [0.25, 0.3) is 0 Å². The van der Waals surface area contributed by atoms with Crippen LogP contribution in [0.2, 0.25) is 0 Å². The lowest BCUT2D eigenvalue weighted by Gasteiger charge is -2.48. The lowest BCUT2D eigenvalue weighted by Crippen LogP contribution is -2.51. The van der Waals surface area contributed by atoms with Crippen molar-refractivity contribution in [1.82, 2.24) is 4.90 Å². The first-order valence-corrected chi connectivity index (χ1v) is 9.11. The monoisotopic (exact) mass is 341 g/mol. The van der Waals surface area contributed by atoms with Crippen molar-refractivity contribution < 1.29 is 0 Å². The quantitative estimate of drug-likeness (QED) is 0.730. The number of hydrogen-bond acceptors (Lipinski definition) is 1. The first-order valence-electron chi connectivity index (χ1n) is 9.11. The predicted octanol–water partition coefficient (Wildman–Crippen LogP) is 5.29. The summed E-state index contributed by atoms with van der Waals surface area (Å²) in [5.41, 5.74) is 3.01. The van der Waals surface area contributed by atoms with Crippen LogP contribution >= 0.6 is 12.4 Å². The Hall–Kier alpha value is -1.31. The summed E-state index contributed by atoms with van der Waals surface area (Å²) in [6.45, 7) is 5.07. The van der Waals surface area contributed by atoms with Crippen molar-refractivity contribution in [2.45, 2.75) is 44.1 Å². The van der Waals surface area contributed by atoms with Crippen LogP contribution in [-0.4, -0.2) is 24.0 Å². The average Bonchev–Trinajstić information content (AvgIpc) is 2.64. The molecule has 1 unspecified atom stereocenters. The fourth-order valence-electron chi connectivity index (χ4n) is 4.79. The van der Waals surface area contributed by atoms with Crippen molar-refractivity contribution in [3.63, 3.8) is 0 Å². The summed E-state index contributed by atoms with van der Waals surface area (Å²) in [5.74, 6) is 0.973. The molecule has 3 saturated heterocycles. The normalized spacial score (nSPS) is 26.0. The Balaban J connectivity index is 0.00000169. The summed E-state index contributed by atoms with van der Waals surface area (Å²) < 4.78 is 0. The van der Waals surface area contributed by atoms with Crippen LogP contribution < -0.4 is 0 Å². The van der Waals surface area contributed by atoms with Gasteiger partial charge in [-0.25, -0.2) is 0 Å². The van der Waals surface area contributed by atoms with E-state index in [4.69, 9.17) is 0 Å². The van der Waals surface area contributed by atoms with Gasteiger partial charge in [-0.1, -0.05) is 67.6 Å². The molecule has 0 saturated carbocycles. The molecule has 0 N–H and O–H groups in total. The molecule has 1 atom stereocenters. The summed E-state index contributed by atoms with van der Waals surface area (Å²) in [6.07, 6.45) is 5.47. The maximum atomic E-state index is 2.75. The first kappa shape index (κ1) is 17.5. The van der Waals surface area contributed by atoms with E-state index >= 15 is 0 Å². The number of fused-ring (bicyclic) bond motifs is 3. The van der Waals surface area contributed by atoms with Crippen molar-refractivity contribution in [1.29, 1.82) is 0 Å². The van der Waals surface area contributed by atoms with E-state index in [0.29, 0.717) is 0 Å². The van der Waals surface area contributed by atoms with Crippen molar-refractivity contribution in [3.05, 3.63) is 71.8 Å². The third-order valence-corrected chi connectivity index (χ3v) is 6.24. The number of hydrogen-bond donors (Lipinski definition) is 0. The van der Waals surface area contributed by atoms with Crippen LogP contribution in [0.3, 0.4) is 0 Å². The minimum atomic E-state index is 0. The van der Waals surface area contributed by atoms with Gasteiger partial charge in [0.2, 0.25) is 0 Å². The molecule has 2 heteroatoms. The van der Waals surface area contributed by atoms with E-state index in [1.54, 1.807) is 0 Å². The van der Waals surface area contributed by atoms with Gasteiger partial charge in [0.05, 0.1) is 0 Å². The largest absolute Gasteiger partial charge is 0.300 e. The molecule has 24 heavy (non-hydrogen) atoms. The molecule has 0 radical (unpaired) electrons. The van der Waals surface area contributed by atoms with Gasteiger partial charge in [0.1, 0.15) is 0 Å². The minimum Gasteiger partial charge on any atom is -0.300 e. The highest BCUT2D eigenvalue weighted by Crippen LogP contribution is 2.42. The molecule has 3 aliphatic rings. The Morgan fingerprint density at radius 3 is 1.79 bits per heavy atom. The fourth-order valence-corrected chi connectivity index (χ4v) is 4.79. The van der Waals surface area contributed by atoms with Crippen molar-refractivity contribution in [2.75, 3.05) is 13.1 Å². The van der Waals surface area contributed by atoms with E-state index < -0.39 is 0 Å². The second-order valence-corrected chi connectivity index (χ2v) is 7.64. The van der Waals surface area contributed by atoms with Gasteiger partial charge in [-0.05, 0) is 55.8 Å². The summed E-state index contributed by atoms with van der Waals surface area (Å²) in [4.78, 5) is 2.75. The molecule has 3 aliphatic heterocycles. The van der Waals surface area contributed by atoms with Gasteiger partial charge in [0.25, 0.3) is 0 Å². The highest BCUT2D eigenvalue weighted by Gasteiger charge is 2.39. The highest BCUT2D eigenvalue weighted by atomic mass is 35.5. The molecular weight excluding hydrogens is 314 g/mol. The van der Waals surface area contributed by atoms with Crippen LogP contribution in [0.4, 0.5) is 0 Å². The smallest absolute Gasteiger partial charge is 0.0189 e.